The van der Waals surface area contributed by atoms with E-state index >= 15 is 0 Å². The van der Waals surface area contributed by atoms with Crippen LogP contribution in [-0.2, 0) is 12.4 Å². The highest BCUT2D eigenvalue weighted by Crippen LogP contribution is 2.38. The second-order valence-corrected chi connectivity index (χ2v) is 7.00. The Kier molecular flexibility index (Phi) is 5.22. The van der Waals surface area contributed by atoms with Gasteiger partial charge in [-0.05, 0) is 31.2 Å². The molecule has 1 unspecified atom stereocenters. The van der Waals surface area contributed by atoms with Gasteiger partial charge in [-0.2, -0.15) is 26.3 Å². The molecule has 0 bridgehead atoms. The number of aromatic nitrogens is 3. The first-order valence-corrected chi connectivity index (χ1v) is 8.28. The van der Waals surface area contributed by atoms with Gasteiger partial charge in [0.2, 0.25) is 0 Å². The Labute approximate surface area is 160 Å². The third-order valence-electron chi connectivity index (χ3n) is 4.23. The summed E-state index contributed by atoms with van der Waals surface area (Å²) in [7, 11) is 0. The SMILES string of the molecule is CC1(O)CN(C(O)/C=C\n2cnc(-c3cc(C(F)(F)F)cc(C(F)(F)F)c3)n2)C1. The summed E-state index contributed by atoms with van der Waals surface area (Å²) in [4.78, 5) is 5.28. The van der Waals surface area contributed by atoms with E-state index in [0.29, 0.717) is 12.1 Å². The lowest BCUT2D eigenvalue weighted by Crippen LogP contribution is -2.62. The van der Waals surface area contributed by atoms with E-state index in [1.165, 1.54) is 17.2 Å². The Bertz CT molecular complexity index is 879. The first-order chi connectivity index (χ1) is 13.2. The maximum Gasteiger partial charge on any atom is 0.416 e. The molecular formula is C17H16F6N4O2. The number of benzene rings is 1. The van der Waals surface area contributed by atoms with E-state index in [-0.39, 0.29) is 25.0 Å². The molecule has 29 heavy (non-hydrogen) atoms. The van der Waals surface area contributed by atoms with Crippen LogP contribution in [0.1, 0.15) is 18.1 Å². The lowest BCUT2D eigenvalue weighted by atomic mass is 9.97. The molecule has 0 spiro atoms. The van der Waals surface area contributed by atoms with Crippen LogP contribution in [0.15, 0.2) is 30.6 Å². The summed E-state index contributed by atoms with van der Waals surface area (Å²) in [6.07, 6.45) is -7.36. The molecule has 2 N–H and O–H groups in total. The number of hydrogen-bond acceptors (Lipinski definition) is 5. The summed E-state index contributed by atoms with van der Waals surface area (Å²) in [5, 5.41) is 23.4. The van der Waals surface area contributed by atoms with Crippen molar-refractivity contribution in [3.05, 3.63) is 41.7 Å². The lowest BCUT2D eigenvalue weighted by Gasteiger charge is -2.45. The number of aliphatic hydroxyl groups is 2. The summed E-state index contributed by atoms with van der Waals surface area (Å²) in [6, 6.07) is 1.10. The molecule has 6 nitrogen and oxygen atoms in total. The predicted octanol–water partition coefficient (Wildman–Crippen LogP) is 2.84. The number of likely N-dealkylation sites (tertiary alicyclic amines) is 1. The second-order valence-electron chi connectivity index (χ2n) is 7.00. The first kappa shape index (κ1) is 21.3. The third-order valence-corrected chi connectivity index (χ3v) is 4.23. The molecule has 2 aromatic rings. The highest BCUT2D eigenvalue weighted by Gasteiger charge is 2.39. The van der Waals surface area contributed by atoms with Crippen molar-refractivity contribution in [2.75, 3.05) is 13.1 Å². The van der Waals surface area contributed by atoms with Crippen LogP contribution in [0, 0.1) is 0 Å². The van der Waals surface area contributed by atoms with E-state index in [9.17, 15) is 36.6 Å². The van der Waals surface area contributed by atoms with Crippen molar-refractivity contribution >= 4 is 6.20 Å². The molecule has 1 atom stereocenters. The fourth-order valence-corrected chi connectivity index (χ4v) is 2.87. The molecule has 0 amide bonds. The van der Waals surface area contributed by atoms with Gasteiger partial charge in [-0.25, -0.2) is 9.67 Å². The monoisotopic (exact) mass is 422 g/mol. The molecule has 0 radical (unpaired) electrons. The number of alkyl halides is 6. The lowest BCUT2D eigenvalue weighted by molar-refractivity contribution is -0.143. The maximum absolute atomic E-state index is 13.0. The minimum atomic E-state index is -4.97. The standard InChI is InChI=1S/C17H16F6N4O2/c1-15(29)7-26(8-15)13(28)2-3-27-9-24-14(25-27)10-4-11(16(18,19)20)6-12(5-10)17(21,22)23/h2-6,9,13,28-29H,7-8H2,1H3/b3-2-. The molecule has 1 fully saturated rings. The molecule has 0 aliphatic carbocycles. The van der Waals surface area contributed by atoms with Crippen molar-refractivity contribution in [1.29, 1.82) is 0 Å². The Morgan fingerprint density at radius 3 is 2.10 bits per heavy atom. The first-order valence-electron chi connectivity index (χ1n) is 8.28. The predicted molar refractivity (Wildman–Crippen MR) is 89.0 cm³/mol. The van der Waals surface area contributed by atoms with Gasteiger partial charge in [0.1, 0.15) is 12.6 Å². The molecule has 1 aromatic carbocycles. The highest BCUT2D eigenvalue weighted by molar-refractivity contribution is 5.58. The van der Waals surface area contributed by atoms with E-state index < -0.39 is 40.9 Å². The summed E-state index contributed by atoms with van der Waals surface area (Å²) < 4.78 is 78.8. The highest BCUT2D eigenvalue weighted by atomic mass is 19.4. The van der Waals surface area contributed by atoms with Gasteiger partial charge in [-0.1, -0.05) is 0 Å². The average Bonchev–Trinajstić information content (AvgIpc) is 3.04. The Morgan fingerprint density at radius 1 is 1.07 bits per heavy atom. The van der Waals surface area contributed by atoms with E-state index in [2.05, 4.69) is 10.1 Å². The van der Waals surface area contributed by atoms with Crippen molar-refractivity contribution in [2.24, 2.45) is 0 Å². The van der Waals surface area contributed by atoms with Crippen LogP contribution < -0.4 is 0 Å². The number of rotatable bonds is 4. The molecule has 3 rings (SSSR count). The quantitative estimate of drug-likeness (QED) is 0.742. The Morgan fingerprint density at radius 2 is 1.62 bits per heavy atom. The summed E-state index contributed by atoms with van der Waals surface area (Å²) in [6.45, 7) is 2.09. The van der Waals surface area contributed by atoms with E-state index in [0.717, 1.165) is 11.0 Å². The molecular weight excluding hydrogens is 406 g/mol. The summed E-state index contributed by atoms with van der Waals surface area (Å²) in [5.41, 5.74) is -4.27. The van der Waals surface area contributed by atoms with Crippen molar-refractivity contribution < 1.29 is 36.6 Å². The molecule has 158 valence electrons. The number of β-amino-alcohol motifs (C(OH)–C–C–N with tert-alkyl or cyclic N) is 1. The van der Waals surface area contributed by atoms with Gasteiger partial charge in [0.25, 0.3) is 0 Å². The normalized spacial score (nSPS) is 18.8. The van der Waals surface area contributed by atoms with Gasteiger partial charge in [-0.3, -0.25) is 4.90 Å². The van der Waals surface area contributed by atoms with Crippen LogP contribution in [-0.4, -0.2) is 54.8 Å². The van der Waals surface area contributed by atoms with Gasteiger partial charge in [0.15, 0.2) is 5.82 Å². The maximum atomic E-state index is 13.0. The Hall–Kier alpha value is -2.44. The van der Waals surface area contributed by atoms with Crippen LogP contribution in [0.2, 0.25) is 0 Å². The minimum Gasteiger partial charge on any atom is -0.387 e. The zero-order chi connectivity index (χ0) is 21.6. The van der Waals surface area contributed by atoms with E-state index in [1.54, 1.807) is 6.92 Å². The zero-order valence-corrected chi connectivity index (χ0v) is 14.9. The number of nitrogens with zero attached hydrogens (tertiary/aromatic N) is 4. The molecule has 1 aliphatic heterocycles. The Balaban J connectivity index is 1.83. The van der Waals surface area contributed by atoms with Gasteiger partial charge >= 0.3 is 12.4 Å². The molecule has 1 aromatic heterocycles. The average molecular weight is 422 g/mol. The largest absolute Gasteiger partial charge is 0.416 e. The molecule has 2 heterocycles. The number of aliphatic hydroxyl groups excluding tert-OH is 1. The van der Waals surface area contributed by atoms with E-state index in [1.807, 2.05) is 0 Å². The van der Waals surface area contributed by atoms with Crippen molar-refractivity contribution in [2.45, 2.75) is 31.1 Å². The van der Waals surface area contributed by atoms with Crippen LogP contribution in [0.3, 0.4) is 0 Å². The van der Waals surface area contributed by atoms with Crippen molar-refractivity contribution in [3.8, 4) is 11.4 Å². The van der Waals surface area contributed by atoms with Crippen molar-refractivity contribution in [1.82, 2.24) is 19.7 Å². The van der Waals surface area contributed by atoms with Gasteiger partial charge < -0.3 is 10.2 Å². The topological polar surface area (TPSA) is 74.4 Å². The van der Waals surface area contributed by atoms with Gasteiger partial charge in [-0.15, -0.1) is 5.10 Å². The molecule has 12 heteroatoms. The van der Waals surface area contributed by atoms with Gasteiger partial charge in [0.05, 0.1) is 16.7 Å². The van der Waals surface area contributed by atoms with Crippen LogP contribution in [0.25, 0.3) is 17.6 Å². The molecule has 1 aliphatic rings. The molecule has 0 saturated carbocycles. The van der Waals surface area contributed by atoms with Crippen LogP contribution in [0.4, 0.5) is 26.3 Å². The van der Waals surface area contributed by atoms with Gasteiger partial charge in [0, 0.05) is 24.9 Å². The van der Waals surface area contributed by atoms with Crippen LogP contribution in [0.5, 0.6) is 0 Å². The molecule has 1 saturated heterocycles. The third kappa shape index (κ3) is 4.95. The second kappa shape index (κ2) is 7.11. The smallest absolute Gasteiger partial charge is 0.387 e. The zero-order valence-electron chi connectivity index (χ0n) is 14.9. The van der Waals surface area contributed by atoms with E-state index in [4.69, 9.17) is 0 Å². The number of halogens is 6. The fourth-order valence-electron chi connectivity index (χ4n) is 2.87. The van der Waals surface area contributed by atoms with Crippen molar-refractivity contribution in [3.63, 3.8) is 0 Å². The van der Waals surface area contributed by atoms with Crippen LogP contribution >= 0.6 is 0 Å². The summed E-state index contributed by atoms with van der Waals surface area (Å²) in [5.74, 6) is -0.340. The fraction of sp³-hybridized carbons (Fsp3) is 0.412. The minimum absolute atomic E-state index is 0.0265. The number of hydrogen-bond donors (Lipinski definition) is 2. The summed E-state index contributed by atoms with van der Waals surface area (Å²) >= 11 is 0.